The second-order valence-corrected chi connectivity index (χ2v) is 6.16. The molecule has 2 aromatic rings. The lowest BCUT2D eigenvalue weighted by Crippen LogP contribution is -2.24. The quantitative estimate of drug-likeness (QED) is 0.789. The van der Waals surface area contributed by atoms with Gasteiger partial charge in [0.1, 0.15) is 5.82 Å². The molecule has 5 nitrogen and oxygen atoms in total. The Morgan fingerprint density at radius 1 is 1.14 bits per heavy atom. The van der Waals surface area contributed by atoms with E-state index in [0.717, 1.165) is 48.3 Å². The summed E-state index contributed by atoms with van der Waals surface area (Å²) in [4.78, 5) is 8.78. The minimum absolute atomic E-state index is 0.128. The van der Waals surface area contributed by atoms with Crippen molar-refractivity contribution in [2.24, 2.45) is 0 Å². The number of nitrogen functional groups attached to an aromatic ring is 1. The molecule has 0 spiro atoms. The Labute approximate surface area is 129 Å². The summed E-state index contributed by atoms with van der Waals surface area (Å²) in [5, 5.41) is 13.8. The molecule has 5 heteroatoms. The average Bonchev–Trinajstić information content (AvgIpc) is 2.83. The molecule has 0 aliphatic heterocycles. The second-order valence-electron chi connectivity index (χ2n) is 6.16. The van der Waals surface area contributed by atoms with Gasteiger partial charge in [0.05, 0.1) is 17.8 Å². The molecule has 2 aliphatic carbocycles. The highest BCUT2D eigenvalue weighted by atomic mass is 16.3. The van der Waals surface area contributed by atoms with Gasteiger partial charge < -0.3 is 16.2 Å². The van der Waals surface area contributed by atoms with Crippen LogP contribution < -0.4 is 11.1 Å². The molecule has 22 heavy (non-hydrogen) atoms. The maximum atomic E-state index is 10.4. The number of hydrogen-bond acceptors (Lipinski definition) is 5. The van der Waals surface area contributed by atoms with Gasteiger partial charge in [0, 0.05) is 12.0 Å². The van der Waals surface area contributed by atoms with Crippen molar-refractivity contribution in [3.05, 3.63) is 46.6 Å². The van der Waals surface area contributed by atoms with Gasteiger partial charge in [0.25, 0.3) is 0 Å². The van der Waals surface area contributed by atoms with Gasteiger partial charge in [-0.2, -0.15) is 4.98 Å². The number of nitrogens with one attached hydrogen (secondary N) is 1. The Kier molecular flexibility index (Phi) is 3.22. The SMILES string of the molecule is Nc1nc2c(c(N[C@@H]3c4ccccc4C[C@@H]3O)n1)CCCC2. The number of aryl methyl sites for hydroxylation is 1. The minimum atomic E-state index is -0.437. The van der Waals surface area contributed by atoms with Crippen LogP contribution in [0.4, 0.5) is 11.8 Å². The highest BCUT2D eigenvalue weighted by Gasteiger charge is 2.32. The van der Waals surface area contributed by atoms with Crippen molar-refractivity contribution in [1.29, 1.82) is 0 Å². The van der Waals surface area contributed by atoms with E-state index in [2.05, 4.69) is 27.4 Å². The van der Waals surface area contributed by atoms with Gasteiger partial charge in [0.2, 0.25) is 5.95 Å². The molecular weight excluding hydrogens is 276 g/mol. The number of fused-ring (bicyclic) bond motifs is 2. The summed E-state index contributed by atoms with van der Waals surface area (Å²) in [5.41, 5.74) is 10.4. The molecule has 0 unspecified atom stereocenters. The molecule has 0 radical (unpaired) electrons. The molecule has 0 saturated heterocycles. The van der Waals surface area contributed by atoms with Crippen LogP contribution in [0.3, 0.4) is 0 Å². The molecule has 4 rings (SSSR count). The van der Waals surface area contributed by atoms with Crippen LogP contribution in [0.25, 0.3) is 0 Å². The first kappa shape index (κ1) is 13.5. The number of nitrogens with two attached hydrogens (primary N) is 1. The van der Waals surface area contributed by atoms with E-state index in [4.69, 9.17) is 5.73 Å². The summed E-state index contributed by atoms with van der Waals surface area (Å²) in [6, 6.07) is 8.04. The standard InChI is InChI=1S/C17H20N4O/c18-17-19-13-8-4-3-7-12(13)16(21-17)20-15-11-6-2-1-5-10(11)9-14(15)22/h1-2,5-6,14-15,22H,3-4,7-9H2,(H3,18,19,20,21)/t14-,15+/m0/s1. The van der Waals surface area contributed by atoms with Crippen molar-refractivity contribution in [3.63, 3.8) is 0 Å². The molecule has 114 valence electrons. The zero-order chi connectivity index (χ0) is 15.1. The smallest absolute Gasteiger partial charge is 0.222 e. The maximum Gasteiger partial charge on any atom is 0.222 e. The summed E-state index contributed by atoms with van der Waals surface area (Å²) < 4.78 is 0. The van der Waals surface area contributed by atoms with E-state index in [1.165, 1.54) is 5.56 Å². The normalized spacial score (nSPS) is 23.0. The predicted molar refractivity (Wildman–Crippen MR) is 85.6 cm³/mol. The fourth-order valence-corrected chi connectivity index (χ4v) is 3.63. The monoisotopic (exact) mass is 296 g/mol. The van der Waals surface area contributed by atoms with Crippen LogP contribution in [0, 0.1) is 0 Å². The summed E-state index contributed by atoms with van der Waals surface area (Å²) in [5.74, 6) is 1.10. The lowest BCUT2D eigenvalue weighted by atomic mass is 9.96. The number of aliphatic hydroxyl groups excluding tert-OH is 1. The molecule has 0 amide bonds. The summed E-state index contributed by atoms with van der Waals surface area (Å²) >= 11 is 0. The average molecular weight is 296 g/mol. The number of anilines is 2. The van der Waals surface area contributed by atoms with E-state index < -0.39 is 6.10 Å². The van der Waals surface area contributed by atoms with E-state index in [0.29, 0.717) is 12.4 Å². The molecule has 0 saturated carbocycles. The number of hydrogen-bond donors (Lipinski definition) is 3. The molecule has 1 aromatic heterocycles. The van der Waals surface area contributed by atoms with Crippen LogP contribution in [0.2, 0.25) is 0 Å². The highest BCUT2D eigenvalue weighted by molar-refractivity contribution is 5.54. The lowest BCUT2D eigenvalue weighted by Gasteiger charge is -2.23. The van der Waals surface area contributed by atoms with Gasteiger partial charge in [-0.1, -0.05) is 24.3 Å². The van der Waals surface area contributed by atoms with Crippen molar-refractivity contribution < 1.29 is 5.11 Å². The second kappa shape index (κ2) is 5.25. The molecular formula is C17H20N4O. The van der Waals surface area contributed by atoms with E-state index in [9.17, 15) is 5.11 Å². The van der Waals surface area contributed by atoms with Gasteiger partial charge in [-0.05, 0) is 36.8 Å². The zero-order valence-corrected chi connectivity index (χ0v) is 12.4. The third kappa shape index (κ3) is 2.22. The van der Waals surface area contributed by atoms with Crippen LogP contribution in [0.5, 0.6) is 0 Å². The van der Waals surface area contributed by atoms with Crippen LogP contribution in [0.1, 0.15) is 41.3 Å². The first-order valence-corrected chi connectivity index (χ1v) is 7.90. The van der Waals surface area contributed by atoms with E-state index in [-0.39, 0.29) is 6.04 Å². The van der Waals surface area contributed by atoms with Gasteiger partial charge in [-0.15, -0.1) is 0 Å². The minimum Gasteiger partial charge on any atom is -0.390 e. The van der Waals surface area contributed by atoms with Crippen LogP contribution in [0.15, 0.2) is 24.3 Å². The molecule has 1 heterocycles. The van der Waals surface area contributed by atoms with E-state index in [1.807, 2.05) is 12.1 Å². The third-order valence-electron chi connectivity index (χ3n) is 4.70. The Morgan fingerprint density at radius 2 is 1.95 bits per heavy atom. The number of aliphatic hydroxyl groups is 1. The van der Waals surface area contributed by atoms with Gasteiger partial charge in [-0.25, -0.2) is 4.98 Å². The van der Waals surface area contributed by atoms with Gasteiger partial charge in [0.15, 0.2) is 0 Å². The van der Waals surface area contributed by atoms with Gasteiger partial charge in [-0.3, -0.25) is 0 Å². The topological polar surface area (TPSA) is 84.1 Å². The molecule has 1 aromatic carbocycles. The Balaban J connectivity index is 1.71. The van der Waals surface area contributed by atoms with Crippen LogP contribution >= 0.6 is 0 Å². The number of rotatable bonds is 2. The number of nitrogens with zero attached hydrogens (tertiary/aromatic N) is 2. The largest absolute Gasteiger partial charge is 0.390 e. The Bertz CT molecular complexity index is 716. The van der Waals surface area contributed by atoms with E-state index >= 15 is 0 Å². The Morgan fingerprint density at radius 3 is 2.86 bits per heavy atom. The van der Waals surface area contributed by atoms with Crippen LogP contribution in [-0.2, 0) is 19.3 Å². The molecule has 0 bridgehead atoms. The van der Waals surface area contributed by atoms with Crippen molar-refractivity contribution >= 4 is 11.8 Å². The maximum absolute atomic E-state index is 10.4. The van der Waals surface area contributed by atoms with E-state index in [1.54, 1.807) is 0 Å². The molecule has 4 N–H and O–H groups in total. The Hall–Kier alpha value is -2.14. The van der Waals surface area contributed by atoms with Crippen molar-refractivity contribution in [3.8, 4) is 0 Å². The first-order valence-electron chi connectivity index (χ1n) is 7.90. The third-order valence-corrected chi connectivity index (χ3v) is 4.70. The first-order chi connectivity index (χ1) is 10.7. The van der Waals surface area contributed by atoms with Gasteiger partial charge >= 0.3 is 0 Å². The van der Waals surface area contributed by atoms with Crippen molar-refractivity contribution in [2.45, 2.75) is 44.2 Å². The highest BCUT2D eigenvalue weighted by Crippen LogP contribution is 2.36. The molecule has 2 aliphatic rings. The summed E-state index contributed by atoms with van der Waals surface area (Å²) in [7, 11) is 0. The lowest BCUT2D eigenvalue weighted by molar-refractivity contribution is 0.165. The van der Waals surface area contributed by atoms with Crippen molar-refractivity contribution in [1.82, 2.24) is 9.97 Å². The molecule has 2 atom stereocenters. The number of benzene rings is 1. The predicted octanol–water partition coefficient (Wildman–Crippen LogP) is 2.01. The summed E-state index contributed by atoms with van der Waals surface area (Å²) in [6.07, 6.45) is 4.48. The van der Waals surface area contributed by atoms with Crippen molar-refractivity contribution in [2.75, 3.05) is 11.1 Å². The number of aromatic nitrogens is 2. The molecule has 0 fully saturated rings. The zero-order valence-electron chi connectivity index (χ0n) is 12.4. The van der Waals surface area contributed by atoms with Crippen LogP contribution in [-0.4, -0.2) is 21.2 Å². The summed E-state index contributed by atoms with van der Waals surface area (Å²) in [6.45, 7) is 0. The fraction of sp³-hybridized carbons (Fsp3) is 0.412. The fourth-order valence-electron chi connectivity index (χ4n) is 3.63.